The molecular formula is C16H17FN2O3. The van der Waals surface area contributed by atoms with Gasteiger partial charge in [-0.15, -0.1) is 0 Å². The van der Waals surface area contributed by atoms with Crippen LogP contribution in [0.25, 0.3) is 0 Å². The van der Waals surface area contributed by atoms with E-state index in [0.717, 1.165) is 5.76 Å². The van der Waals surface area contributed by atoms with Crippen molar-refractivity contribution < 1.29 is 18.3 Å². The van der Waals surface area contributed by atoms with E-state index >= 15 is 0 Å². The van der Waals surface area contributed by atoms with Crippen molar-refractivity contribution in [3.63, 3.8) is 0 Å². The van der Waals surface area contributed by atoms with Crippen molar-refractivity contribution in [1.82, 2.24) is 4.90 Å². The lowest BCUT2D eigenvalue weighted by Gasteiger charge is -2.32. The molecule has 1 aromatic heterocycles. The molecule has 1 aliphatic heterocycles. The van der Waals surface area contributed by atoms with E-state index in [9.17, 15) is 9.18 Å². The van der Waals surface area contributed by atoms with E-state index in [4.69, 9.17) is 9.15 Å². The topological polar surface area (TPSA) is 54.7 Å². The number of nitrogens with zero attached hydrogens (tertiary/aromatic N) is 1. The second kappa shape index (κ2) is 6.19. The van der Waals surface area contributed by atoms with Gasteiger partial charge >= 0.3 is 6.03 Å². The molecule has 1 atom stereocenters. The molecule has 0 radical (unpaired) electrons. The van der Waals surface area contributed by atoms with Crippen LogP contribution in [0.1, 0.15) is 17.6 Å². The molecule has 5 nitrogen and oxygen atoms in total. The van der Waals surface area contributed by atoms with Gasteiger partial charge in [0.1, 0.15) is 23.4 Å². The van der Waals surface area contributed by atoms with Gasteiger partial charge in [-0.3, -0.25) is 0 Å². The van der Waals surface area contributed by atoms with Crippen LogP contribution in [0.5, 0.6) is 0 Å². The molecule has 2 aromatic rings. The normalized spacial score (nSPS) is 18.3. The first-order chi connectivity index (χ1) is 10.6. The van der Waals surface area contributed by atoms with E-state index in [2.05, 4.69) is 5.32 Å². The van der Waals surface area contributed by atoms with E-state index in [0.29, 0.717) is 25.5 Å². The molecule has 0 saturated carbocycles. The summed E-state index contributed by atoms with van der Waals surface area (Å²) >= 11 is 0. The van der Waals surface area contributed by atoms with Crippen molar-refractivity contribution >= 4 is 11.7 Å². The molecule has 1 saturated heterocycles. The van der Waals surface area contributed by atoms with Gasteiger partial charge in [0.2, 0.25) is 0 Å². The molecule has 3 rings (SSSR count). The van der Waals surface area contributed by atoms with Crippen LogP contribution in [0.3, 0.4) is 0 Å². The molecule has 0 bridgehead atoms. The number of aryl methyl sites for hydroxylation is 1. The summed E-state index contributed by atoms with van der Waals surface area (Å²) in [7, 11) is 0. The predicted octanol–water partition coefficient (Wildman–Crippen LogP) is 3.33. The number of hydrogen-bond donors (Lipinski definition) is 1. The minimum absolute atomic E-state index is 0.171. The van der Waals surface area contributed by atoms with Crippen molar-refractivity contribution in [1.29, 1.82) is 0 Å². The maximum absolute atomic E-state index is 13.6. The zero-order chi connectivity index (χ0) is 15.5. The zero-order valence-electron chi connectivity index (χ0n) is 12.2. The standard InChI is InChI=1S/C16H17FN2O3/c1-11-6-7-14(22-11)15-10-19(8-9-21-15)16(20)18-13-5-3-2-4-12(13)17/h2-7,15H,8-10H2,1H3,(H,18,20)/t15-/m1/s1. The molecule has 1 N–H and O–H groups in total. The summed E-state index contributed by atoms with van der Waals surface area (Å²) in [5.41, 5.74) is 0.171. The first kappa shape index (κ1) is 14.6. The third-order valence-corrected chi connectivity index (χ3v) is 3.55. The summed E-state index contributed by atoms with van der Waals surface area (Å²) in [5, 5.41) is 2.58. The van der Waals surface area contributed by atoms with Crippen LogP contribution in [0.15, 0.2) is 40.8 Å². The first-order valence-corrected chi connectivity index (χ1v) is 7.12. The molecular weight excluding hydrogens is 287 g/mol. The monoisotopic (exact) mass is 304 g/mol. The summed E-state index contributed by atoms with van der Waals surface area (Å²) in [6.07, 6.45) is -0.297. The van der Waals surface area contributed by atoms with Gasteiger partial charge < -0.3 is 19.4 Å². The fourth-order valence-corrected chi connectivity index (χ4v) is 2.39. The zero-order valence-corrected chi connectivity index (χ0v) is 12.2. The van der Waals surface area contributed by atoms with Crippen molar-refractivity contribution in [2.75, 3.05) is 25.0 Å². The van der Waals surface area contributed by atoms with Crippen LogP contribution in [0.2, 0.25) is 0 Å². The number of rotatable bonds is 2. The Bertz CT molecular complexity index is 671. The Kier molecular flexibility index (Phi) is 4.11. The molecule has 0 aliphatic carbocycles. The highest BCUT2D eigenvalue weighted by atomic mass is 19.1. The summed E-state index contributed by atoms with van der Waals surface area (Å²) in [4.78, 5) is 13.9. The number of amides is 2. The smallest absolute Gasteiger partial charge is 0.322 e. The molecule has 1 fully saturated rings. The largest absolute Gasteiger partial charge is 0.464 e. The predicted molar refractivity (Wildman–Crippen MR) is 79.1 cm³/mol. The molecule has 1 aliphatic rings. The number of hydrogen-bond acceptors (Lipinski definition) is 3. The molecule has 1 aromatic carbocycles. The average molecular weight is 304 g/mol. The number of anilines is 1. The number of nitrogens with one attached hydrogen (secondary N) is 1. The number of halogens is 1. The Labute approximate surface area is 127 Å². The molecule has 0 unspecified atom stereocenters. The van der Waals surface area contributed by atoms with Gasteiger partial charge in [0.05, 0.1) is 18.8 Å². The lowest BCUT2D eigenvalue weighted by molar-refractivity contribution is -0.0246. The van der Waals surface area contributed by atoms with Crippen LogP contribution >= 0.6 is 0 Å². The third kappa shape index (κ3) is 3.12. The maximum atomic E-state index is 13.6. The molecule has 22 heavy (non-hydrogen) atoms. The van der Waals surface area contributed by atoms with E-state index in [1.54, 1.807) is 17.0 Å². The van der Waals surface area contributed by atoms with Crippen LogP contribution in [-0.2, 0) is 4.74 Å². The van der Waals surface area contributed by atoms with Gasteiger partial charge in [0, 0.05) is 6.54 Å². The van der Waals surface area contributed by atoms with Gasteiger partial charge in [-0.05, 0) is 31.2 Å². The van der Waals surface area contributed by atoms with E-state index in [1.165, 1.54) is 12.1 Å². The van der Waals surface area contributed by atoms with E-state index in [1.807, 2.05) is 19.1 Å². The number of benzene rings is 1. The van der Waals surface area contributed by atoms with Gasteiger partial charge in [-0.2, -0.15) is 0 Å². The maximum Gasteiger partial charge on any atom is 0.322 e. The summed E-state index contributed by atoms with van der Waals surface area (Å²) in [6.45, 7) is 3.09. The van der Waals surface area contributed by atoms with Crippen molar-refractivity contribution in [3.8, 4) is 0 Å². The Hall–Kier alpha value is -2.34. The van der Waals surface area contributed by atoms with E-state index < -0.39 is 5.82 Å². The number of morpholine rings is 1. The summed E-state index contributed by atoms with van der Waals surface area (Å²) in [6, 6.07) is 9.45. The number of urea groups is 1. The quantitative estimate of drug-likeness (QED) is 0.926. The molecule has 2 heterocycles. The van der Waals surface area contributed by atoms with Gasteiger partial charge in [-0.25, -0.2) is 9.18 Å². The number of carbonyl (C=O) groups excluding carboxylic acids is 1. The number of para-hydroxylation sites is 1. The van der Waals surface area contributed by atoms with Crippen LogP contribution in [0.4, 0.5) is 14.9 Å². The molecule has 116 valence electrons. The SMILES string of the molecule is Cc1ccc([C@H]2CN(C(=O)Nc3ccccc3F)CCO2)o1. The lowest BCUT2D eigenvalue weighted by Crippen LogP contribution is -2.44. The Balaban J connectivity index is 1.66. The van der Waals surface area contributed by atoms with Crippen LogP contribution in [0, 0.1) is 12.7 Å². The fourth-order valence-electron chi connectivity index (χ4n) is 2.39. The Morgan fingerprint density at radius 3 is 2.86 bits per heavy atom. The van der Waals surface area contributed by atoms with Crippen LogP contribution < -0.4 is 5.32 Å². The average Bonchev–Trinajstić information content (AvgIpc) is 2.96. The molecule has 2 amide bonds. The minimum atomic E-state index is -0.456. The van der Waals surface area contributed by atoms with Crippen molar-refractivity contribution in [2.24, 2.45) is 0 Å². The van der Waals surface area contributed by atoms with Gasteiger partial charge in [0.25, 0.3) is 0 Å². The van der Waals surface area contributed by atoms with Gasteiger partial charge in [-0.1, -0.05) is 12.1 Å². The molecule has 6 heteroatoms. The number of ether oxygens (including phenoxy) is 1. The van der Waals surface area contributed by atoms with Crippen molar-refractivity contribution in [2.45, 2.75) is 13.0 Å². The fraction of sp³-hybridized carbons (Fsp3) is 0.312. The number of carbonyl (C=O) groups is 1. The third-order valence-electron chi connectivity index (χ3n) is 3.55. The Morgan fingerprint density at radius 1 is 1.32 bits per heavy atom. The summed E-state index contributed by atoms with van der Waals surface area (Å²) in [5.74, 6) is 1.04. The van der Waals surface area contributed by atoms with Crippen LogP contribution in [-0.4, -0.2) is 30.6 Å². The second-order valence-electron chi connectivity index (χ2n) is 5.16. The Morgan fingerprint density at radius 2 is 2.14 bits per heavy atom. The van der Waals surface area contributed by atoms with E-state index in [-0.39, 0.29) is 17.8 Å². The highest BCUT2D eigenvalue weighted by Gasteiger charge is 2.27. The minimum Gasteiger partial charge on any atom is -0.464 e. The summed E-state index contributed by atoms with van der Waals surface area (Å²) < 4.78 is 24.8. The van der Waals surface area contributed by atoms with Crippen molar-refractivity contribution in [3.05, 3.63) is 53.7 Å². The molecule has 0 spiro atoms. The number of furan rings is 1. The highest BCUT2D eigenvalue weighted by Crippen LogP contribution is 2.24. The lowest BCUT2D eigenvalue weighted by atomic mass is 10.2. The second-order valence-corrected chi connectivity index (χ2v) is 5.16. The first-order valence-electron chi connectivity index (χ1n) is 7.12. The van der Waals surface area contributed by atoms with Gasteiger partial charge in [0.15, 0.2) is 0 Å². The highest BCUT2D eigenvalue weighted by molar-refractivity contribution is 5.89.